The largest absolute Gasteiger partial charge is 0.493 e. The lowest BCUT2D eigenvalue weighted by molar-refractivity contribution is -0.137. The predicted molar refractivity (Wildman–Crippen MR) is 74.9 cm³/mol. The van der Waals surface area contributed by atoms with E-state index in [1.165, 1.54) is 27.7 Å². The molecule has 4 N–H and O–H groups in total. The second kappa shape index (κ2) is 5.51. The molecular formula is C13H19BF3NO3. The van der Waals surface area contributed by atoms with Crippen LogP contribution in [-0.2, 0) is 10.8 Å². The van der Waals surface area contributed by atoms with Gasteiger partial charge < -0.3 is 20.5 Å². The zero-order chi connectivity index (χ0) is 16.6. The molecule has 1 rings (SSSR count). The van der Waals surface area contributed by atoms with Gasteiger partial charge in [-0.3, -0.25) is 0 Å². The Balaban J connectivity index is 3.11. The maximum Gasteiger partial charge on any atom is 0.493 e. The summed E-state index contributed by atoms with van der Waals surface area (Å²) in [7, 11) is -1.69. The van der Waals surface area contributed by atoms with Crippen LogP contribution in [0.2, 0.25) is 0 Å². The molecule has 0 spiro atoms. The Bertz CT molecular complexity index is 512. The minimum atomic E-state index is -4.55. The summed E-state index contributed by atoms with van der Waals surface area (Å²) in [6, 6.07) is 2.62. The van der Waals surface area contributed by atoms with Gasteiger partial charge in [0.2, 0.25) is 0 Å². The first-order valence-electron chi connectivity index (χ1n) is 6.30. The molecule has 1 aromatic rings. The summed E-state index contributed by atoms with van der Waals surface area (Å²) < 4.78 is 43.4. The highest BCUT2D eigenvalue weighted by atomic mass is 19.4. The fraction of sp³-hybridized carbons (Fsp3) is 0.538. The average molecular weight is 305 g/mol. The summed E-state index contributed by atoms with van der Waals surface area (Å²) >= 11 is 0. The van der Waals surface area contributed by atoms with Crippen molar-refractivity contribution in [1.29, 1.82) is 0 Å². The molecule has 0 saturated carbocycles. The Hall–Kier alpha value is -1.25. The molecule has 0 aliphatic rings. The Kier molecular flexibility index (Phi) is 4.67. The van der Waals surface area contributed by atoms with Crippen molar-refractivity contribution in [2.24, 2.45) is 0 Å². The van der Waals surface area contributed by atoms with Crippen molar-refractivity contribution in [2.45, 2.75) is 45.1 Å². The molecular weight excluding hydrogens is 286 g/mol. The molecule has 0 bridgehead atoms. The van der Waals surface area contributed by atoms with Gasteiger partial charge in [-0.2, -0.15) is 13.2 Å². The zero-order valence-corrected chi connectivity index (χ0v) is 12.3. The van der Waals surface area contributed by atoms with Gasteiger partial charge in [-0.15, -0.1) is 0 Å². The van der Waals surface area contributed by atoms with Crippen molar-refractivity contribution >= 4 is 18.3 Å². The number of benzene rings is 1. The minimum absolute atomic E-state index is 0.0259. The highest BCUT2D eigenvalue weighted by Crippen LogP contribution is 2.30. The number of halogens is 3. The number of alkyl halides is 3. The summed E-state index contributed by atoms with van der Waals surface area (Å²) in [5.74, 6) is 0. The minimum Gasteiger partial charge on any atom is -0.423 e. The van der Waals surface area contributed by atoms with Crippen LogP contribution in [0.4, 0.5) is 18.9 Å². The second-order valence-corrected chi connectivity index (χ2v) is 5.88. The topological polar surface area (TPSA) is 75.7 Å². The first-order chi connectivity index (χ1) is 9.25. The smallest absolute Gasteiger partial charge is 0.423 e. The molecule has 0 atom stereocenters. The van der Waals surface area contributed by atoms with Gasteiger partial charge in [-0.05, 0) is 45.9 Å². The molecule has 0 heterocycles. The van der Waals surface area contributed by atoms with Gasteiger partial charge in [0.1, 0.15) is 0 Å². The average Bonchev–Trinajstić information content (AvgIpc) is 2.25. The molecule has 0 fully saturated rings. The van der Waals surface area contributed by atoms with E-state index in [1.807, 2.05) is 0 Å². The molecule has 0 amide bonds. The molecule has 21 heavy (non-hydrogen) atoms. The molecule has 118 valence electrons. The van der Waals surface area contributed by atoms with Gasteiger partial charge in [0.25, 0.3) is 0 Å². The maximum atomic E-state index is 12.7. The van der Waals surface area contributed by atoms with Crippen LogP contribution in [0.25, 0.3) is 0 Å². The fourth-order valence-corrected chi connectivity index (χ4v) is 1.45. The molecule has 1 aromatic carbocycles. The SMILES string of the molecule is CC(C)(O)C(C)(C)OB(O)c1cc(C(F)(F)F)ccc1N. The van der Waals surface area contributed by atoms with Gasteiger partial charge in [0.05, 0.1) is 16.8 Å². The fourth-order valence-electron chi connectivity index (χ4n) is 1.45. The number of anilines is 1. The lowest BCUT2D eigenvalue weighted by Gasteiger charge is -2.38. The first-order valence-corrected chi connectivity index (χ1v) is 6.30. The van der Waals surface area contributed by atoms with E-state index in [-0.39, 0.29) is 11.2 Å². The number of rotatable bonds is 4. The number of nitrogens with two attached hydrogens (primary N) is 1. The van der Waals surface area contributed by atoms with E-state index in [0.717, 1.165) is 18.2 Å². The summed E-state index contributed by atoms with van der Waals surface area (Å²) in [6.45, 7) is 5.96. The third kappa shape index (κ3) is 4.12. The van der Waals surface area contributed by atoms with E-state index in [2.05, 4.69) is 0 Å². The van der Waals surface area contributed by atoms with Crippen molar-refractivity contribution in [2.75, 3.05) is 5.73 Å². The number of hydrogen-bond donors (Lipinski definition) is 3. The number of aliphatic hydroxyl groups is 1. The normalized spacial score (nSPS) is 13.4. The Morgan fingerprint density at radius 2 is 1.67 bits per heavy atom. The van der Waals surface area contributed by atoms with Crippen LogP contribution in [-0.4, -0.2) is 28.5 Å². The number of hydrogen-bond acceptors (Lipinski definition) is 4. The van der Waals surface area contributed by atoms with E-state index >= 15 is 0 Å². The van der Waals surface area contributed by atoms with Crippen LogP contribution in [0.5, 0.6) is 0 Å². The Morgan fingerprint density at radius 1 is 1.14 bits per heavy atom. The predicted octanol–water partition coefficient (Wildman–Crippen LogP) is 1.54. The van der Waals surface area contributed by atoms with E-state index in [4.69, 9.17) is 10.4 Å². The Morgan fingerprint density at radius 3 is 2.10 bits per heavy atom. The summed E-state index contributed by atoms with van der Waals surface area (Å²) in [4.78, 5) is 0. The van der Waals surface area contributed by atoms with Gasteiger partial charge >= 0.3 is 13.3 Å². The van der Waals surface area contributed by atoms with Gasteiger partial charge in [0, 0.05) is 11.2 Å². The van der Waals surface area contributed by atoms with Crippen molar-refractivity contribution in [3.8, 4) is 0 Å². The van der Waals surface area contributed by atoms with Gasteiger partial charge in [-0.25, -0.2) is 0 Å². The van der Waals surface area contributed by atoms with E-state index in [1.54, 1.807) is 0 Å². The van der Waals surface area contributed by atoms with E-state index in [9.17, 15) is 23.3 Å². The van der Waals surface area contributed by atoms with Crippen molar-refractivity contribution in [1.82, 2.24) is 0 Å². The van der Waals surface area contributed by atoms with Gasteiger partial charge in [-0.1, -0.05) is 0 Å². The molecule has 4 nitrogen and oxygen atoms in total. The summed E-state index contributed by atoms with van der Waals surface area (Å²) in [6.07, 6.45) is -4.55. The van der Waals surface area contributed by atoms with E-state index < -0.39 is 30.1 Å². The molecule has 8 heteroatoms. The van der Waals surface area contributed by atoms with Crippen LogP contribution >= 0.6 is 0 Å². The molecule has 0 unspecified atom stereocenters. The van der Waals surface area contributed by atoms with Crippen LogP contribution in [0.3, 0.4) is 0 Å². The van der Waals surface area contributed by atoms with Crippen LogP contribution in [0.15, 0.2) is 18.2 Å². The van der Waals surface area contributed by atoms with Crippen LogP contribution in [0.1, 0.15) is 33.3 Å². The second-order valence-electron chi connectivity index (χ2n) is 5.88. The maximum absolute atomic E-state index is 12.7. The lowest BCUT2D eigenvalue weighted by Crippen LogP contribution is -2.53. The highest BCUT2D eigenvalue weighted by molar-refractivity contribution is 6.62. The monoisotopic (exact) mass is 305 g/mol. The molecule has 0 saturated heterocycles. The molecule has 0 radical (unpaired) electrons. The van der Waals surface area contributed by atoms with Crippen molar-refractivity contribution in [3.05, 3.63) is 23.8 Å². The number of nitrogen functional groups attached to an aromatic ring is 1. The summed E-state index contributed by atoms with van der Waals surface area (Å²) in [5.41, 5.74) is 1.92. The van der Waals surface area contributed by atoms with Crippen molar-refractivity contribution < 1.29 is 28.0 Å². The highest BCUT2D eigenvalue weighted by Gasteiger charge is 2.40. The summed E-state index contributed by atoms with van der Waals surface area (Å²) in [5, 5.41) is 20.0. The molecule has 0 aliphatic heterocycles. The lowest BCUT2D eigenvalue weighted by atomic mass is 9.75. The quantitative estimate of drug-likeness (QED) is 0.582. The first kappa shape index (κ1) is 17.8. The van der Waals surface area contributed by atoms with E-state index in [0.29, 0.717) is 0 Å². The van der Waals surface area contributed by atoms with Crippen LogP contribution < -0.4 is 11.2 Å². The standard InChI is InChI=1S/C13H19BF3NO3/c1-11(2,19)12(3,4)21-14(20)9-7-8(13(15,16)17)5-6-10(9)18/h5-7,19-20H,18H2,1-4H3. The Labute approximate surface area is 121 Å². The van der Waals surface area contributed by atoms with Gasteiger partial charge in [0.15, 0.2) is 0 Å². The third-order valence-corrected chi connectivity index (χ3v) is 3.56. The van der Waals surface area contributed by atoms with Crippen LogP contribution in [0, 0.1) is 0 Å². The third-order valence-electron chi connectivity index (χ3n) is 3.56. The zero-order valence-electron chi connectivity index (χ0n) is 12.3. The molecule has 0 aromatic heterocycles. The van der Waals surface area contributed by atoms with Crippen molar-refractivity contribution in [3.63, 3.8) is 0 Å². The molecule has 0 aliphatic carbocycles.